The van der Waals surface area contributed by atoms with E-state index in [9.17, 15) is 14.5 Å². The van der Waals surface area contributed by atoms with Crippen LogP contribution in [0.3, 0.4) is 0 Å². The lowest BCUT2D eigenvalue weighted by Crippen LogP contribution is -1.98. The Morgan fingerprint density at radius 2 is 1.84 bits per heavy atom. The van der Waals surface area contributed by atoms with E-state index in [2.05, 4.69) is 0 Å². The number of ether oxygens (including phenoxy) is 1. The number of hydrogen-bond acceptors (Lipinski definition) is 3. The van der Waals surface area contributed by atoms with Crippen molar-refractivity contribution < 1.29 is 14.1 Å². The van der Waals surface area contributed by atoms with Crippen molar-refractivity contribution in [1.82, 2.24) is 0 Å². The van der Waals surface area contributed by atoms with Crippen molar-refractivity contribution >= 4 is 5.69 Å². The number of rotatable bonds is 5. The average molecular weight is 261 g/mol. The summed E-state index contributed by atoms with van der Waals surface area (Å²) < 4.78 is 18.9. The molecule has 98 valence electrons. The number of hydrogen-bond donors (Lipinski definition) is 0. The average Bonchev–Trinajstić information content (AvgIpc) is 2.41. The quantitative estimate of drug-likeness (QED) is 0.611. The summed E-state index contributed by atoms with van der Waals surface area (Å²) in [7, 11) is 0. The summed E-state index contributed by atoms with van der Waals surface area (Å²) >= 11 is 0. The standard InChI is InChI=1S/C14H12FNO3/c15-14-8-13(16(17)18)7-6-12(14)10-19-9-11-4-2-1-3-5-11/h1-8H,9-10H2. The molecule has 2 rings (SSSR count). The Hall–Kier alpha value is -2.27. The van der Waals surface area contributed by atoms with Crippen LogP contribution in [0.25, 0.3) is 0 Å². The second-order valence-corrected chi connectivity index (χ2v) is 4.01. The van der Waals surface area contributed by atoms with Gasteiger partial charge >= 0.3 is 0 Å². The van der Waals surface area contributed by atoms with E-state index in [0.29, 0.717) is 12.2 Å². The number of nitrogens with zero attached hydrogens (tertiary/aromatic N) is 1. The maximum Gasteiger partial charge on any atom is 0.272 e. The maximum atomic E-state index is 13.6. The highest BCUT2D eigenvalue weighted by Crippen LogP contribution is 2.17. The van der Waals surface area contributed by atoms with E-state index in [1.165, 1.54) is 12.1 Å². The summed E-state index contributed by atoms with van der Waals surface area (Å²) in [4.78, 5) is 9.84. The molecule has 2 aromatic carbocycles. The molecule has 0 heterocycles. The van der Waals surface area contributed by atoms with Crippen LogP contribution in [0.1, 0.15) is 11.1 Å². The van der Waals surface area contributed by atoms with Gasteiger partial charge in [0, 0.05) is 11.6 Å². The molecule has 0 N–H and O–H groups in total. The van der Waals surface area contributed by atoms with Gasteiger partial charge in [0.2, 0.25) is 0 Å². The van der Waals surface area contributed by atoms with Gasteiger partial charge in [-0.05, 0) is 11.6 Å². The predicted molar refractivity (Wildman–Crippen MR) is 68.0 cm³/mol. The van der Waals surface area contributed by atoms with Crippen LogP contribution < -0.4 is 0 Å². The SMILES string of the molecule is O=[N+]([O-])c1ccc(COCc2ccccc2)c(F)c1. The molecule has 0 saturated heterocycles. The highest BCUT2D eigenvalue weighted by atomic mass is 19.1. The van der Waals surface area contributed by atoms with Gasteiger partial charge in [-0.15, -0.1) is 0 Å². The second-order valence-electron chi connectivity index (χ2n) is 4.01. The zero-order valence-electron chi connectivity index (χ0n) is 10.1. The molecule has 0 atom stereocenters. The number of non-ortho nitro benzene ring substituents is 1. The Labute approximate surface area is 109 Å². The Kier molecular flexibility index (Phi) is 4.20. The van der Waals surface area contributed by atoms with Gasteiger partial charge in [0.15, 0.2) is 0 Å². The van der Waals surface area contributed by atoms with Gasteiger partial charge in [-0.25, -0.2) is 4.39 Å². The lowest BCUT2D eigenvalue weighted by atomic mass is 10.2. The first-order valence-electron chi connectivity index (χ1n) is 5.71. The second kappa shape index (κ2) is 6.06. The molecule has 5 heteroatoms. The van der Waals surface area contributed by atoms with Crippen molar-refractivity contribution in [3.8, 4) is 0 Å². The van der Waals surface area contributed by atoms with Crippen molar-refractivity contribution in [1.29, 1.82) is 0 Å². The van der Waals surface area contributed by atoms with Crippen LogP contribution >= 0.6 is 0 Å². The van der Waals surface area contributed by atoms with E-state index in [-0.39, 0.29) is 12.3 Å². The van der Waals surface area contributed by atoms with E-state index in [0.717, 1.165) is 11.6 Å². The van der Waals surface area contributed by atoms with Crippen LogP contribution in [0.4, 0.5) is 10.1 Å². The molecule has 0 fully saturated rings. The summed E-state index contributed by atoms with van der Waals surface area (Å²) in [5, 5.41) is 10.5. The van der Waals surface area contributed by atoms with Crippen LogP contribution in [0.15, 0.2) is 48.5 Å². The van der Waals surface area contributed by atoms with Crippen molar-refractivity contribution in [3.63, 3.8) is 0 Å². The monoisotopic (exact) mass is 261 g/mol. The zero-order chi connectivity index (χ0) is 13.7. The summed E-state index contributed by atoms with van der Waals surface area (Å²) in [6.07, 6.45) is 0. The molecule has 0 bridgehead atoms. The lowest BCUT2D eigenvalue weighted by Gasteiger charge is -2.05. The van der Waals surface area contributed by atoms with Crippen LogP contribution in [-0.4, -0.2) is 4.92 Å². The van der Waals surface area contributed by atoms with Gasteiger partial charge in [-0.1, -0.05) is 30.3 Å². The van der Waals surface area contributed by atoms with Crippen LogP contribution in [-0.2, 0) is 18.0 Å². The fraction of sp³-hybridized carbons (Fsp3) is 0.143. The third-order valence-electron chi connectivity index (χ3n) is 2.62. The third-order valence-corrected chi connectivity index (χ3v) is 2.62. The molecular weight excluding hydrogens is 249 g/mol. The summed E-state index contributed by atoms with van der Waals surface area (Å²) in [6, 6.07) is 13.1. The molecule has 0 radical (unpaired) electrons. The minimum atomic E-state index is -0.627. The topological polar surface area (TPSA) is 52.4 Å². The normalized spacial score (nSPS) is 10.4. The van der Waals surface area contributed by atoms with Crippen LogP contribution in [0.2, 0.25) is 0 Å². The van der Waals surface area contributed by atoms with Gasteiger partial charge in [0.1, 0.15) is 5.82 Å². The van der Waals surface area contributed by atoms with E-state index in [1.54, 1.807) is 0 Å². The first-order valence-corrected chi connectivity index (χ1v) is 5.71. The minimum absolute atomic E-state index is 0.0821. The fourth-order valence-corrected chi connectivity index (χ4v) is 1.62. The highest BCUT2D eigenvalue weighted by Gasteiger charge is 2.10. The molecule has 0 aliphatic heterocycles. The van der Waals surface area contributed by atoms with Crippen molar-refractivity contribution in [2.24, 2.45) is 0 Å². The Balaban J connectivity index is 1.95. The molecule has 0 saturated carbocycles. The van der Waals surface area contributed by atoms with Gasteiger partial charge < -0.3 is 4.74 Å². The van der Waals surface area contributed by atoms with Crippen molar-refractivity contribution in [2.75, 3.05) is 0 Å². The van der Waals surface area contributed by atoms with Crippen LogP contribution in [0, 0.1) is 15.9 Å². The molecule has 4 nitrogen and oxygen atoms in total. The zero-order valence-corrected chi connectivity index (χ0v) is 10.1. The molecule has 0 amide bonds. The molecule has 0 spiro atoms. The van der Waals surface area contributed by atoms with Gasteiger partial charge in [0.25, 0.3) is 5.69 Å². The predicted octanol–water partition coefficient (Wildman–Crippen LogP) is 3.45. The highest BCUT2D eigenvalue weighted by molar-refractivity contribution is 5.34. The number of benzene rings is 2. The van der Waals surface area contributed by atoms with Gasteiger partial charge in [0.05, 0.1) is 24.2 Å². The Bertz CT molecular complexity index is 572. The largest absolute Gasteiger partial charge is 0.372 e. The minimum Gasteiger partial charge on any atom is -0.372 e. The molecule has 0 aliphatic rings. The summed E-state index contributed by atoms with van der Waals surface area (Å²) in [5.74, 6) is -0.623. The molecule has 19 heavy (non-hydrogen) atoms. The summed E-state index contributed by atoms with van der Waals surface area (Å²) in [6.45, 7) is 0.454. The lowest BCUT2D eigenvalue weighted by molar-refractivity contribution is -0.385. The van der Waals surface area contributed by atoms with E-state index in [4.69, 9.17) is 4.74 Å². The molecule has 0 aliphatic carbocycles. The van der Waals surface area contributed by atoms with E-state index in [1.807, 2.05) is 30.3 Å². The van der Waals surface area contributed by atoms with Gasteiger partial charge in [-0.2, -0.15) is 0 Å². The Morgan fingerprint density at radius 1 is 1.11 bits per heavy atom. The van der Waals surface area contributed by atoms with Gasteiger partial charge in [-0.3, -0.25) is 10.1 Å². The number of nitro benzene ring substituents is 1. The van der Waals surface area contributed by atoms with Crippen molar-refractivity contribution in [3.05, 3.63) is 75.6 Å². The van der Waals surface area contributed by atoms with E-state index < -0.39 is 10.7 Å². The number of halogens is 1. The molecular formula is C14H12FNO3. The molecule has 0 unspecified atom stereocenters. The maximum absolute atomic E-state index is 13.6. The van der Waals surface area contributed by atoms with Crippen molar-refractivity contribution in [2.45, 2.75) is 13.2 Å². The third kappa shape index (κ3) is 3.59. The molecule has 2 aromatic rings. The molecule has 0 aromatic heterocycles. The first-order chi connectivity index (χ1) is 9.16. The smallest absolute Gasteiger partial charge is 0.272 e. The summed E-state index contributed by atoms with van der Waals surface area (Å²) in [5.41, 5.74) is 1.04. The van der Waals surface area contributed by atoms with Crippen LogP contribution in [0.5, 0.6) is 0 Å². The van der Waals surface area contributed by atoms with E-state index >= 15 is 0 Å². The fourth-order valence-electron chi connectivity index (χ4n) is 1.62. The first kappa shape index (κ1) is 13.2. The Morgan fingerprint density at radius 3 is 2.47 bits per heavy atom. The number of nitro groups is 1.